The molecule has 0 unspecified atom stereocenters. The number of nitrogens with two attached hydrogens (primary N) is 1. The summed E-state index contributed by atoms with van der Waals surface area (Å²) in [5.41, 5.74) is 8.88. The molecule has 3 heterocycles. The Morgan fingerprint density at radius 1 is 1.00 bits per heavy atom. The van der Waals surface area contributed by atoms with Crippen molar-refractivity contribution in [3.63, 3.8) is 0 Å². The largest absolute Gasteiger partial charge is 0.381 e. The number of anilines is 2. The molecule has 1 aromatic carbocycles. The van der Waals surface area contributed by atoms with Crippen LogP contribution < -0.4 is 16.6 Å². The molecule has 0 spiro atoms. The van der Waals surface area contributed by atoms with Crippen LogP contribution in [0.5, 0.6) is 0 Å². The zero-order valence-electron chi connectivity index (χ0n) is 18.8. The fraction of sp³-hybridized carbons (Fsp3) is 0.417. The topological polar surface area (TPSA) is 102 Å². The van der Waals surface area contributed by atoms with Crippen LogP contribution in [0, 0.1) is 0 Å². The molecule has 1 aliphatic rings. The first-order chi connectivity index (χ1) is 15.5. The number of rotatable bonds is 7. The number of aromatic nitrogens is 4. The third kappa shape index (κ3) is 4.96. The Bertz CT molecular complexity index is 1110. The van der Waals surface area contributed by atoms with Gasteiger partial charge in [0.25, 0.3) is 5.56 Å². The molecule has 0 aliphatic carbocycles. The third-order valence-corrected chi connectivity index (χ3v) is 5.70. The van der Waals surface area contributed by atoms with E-state index in [9.17, 15) is 4.79 Å². The van der Waals surface area contributed by atoms with E-state index in [0.29, 0.717) is 28.7 Å². The van der Waals surface area contributed by atoms with Gasteiger partial charge < -0.3 is 16.0 Å². The summed E-state index contributed by atoms with van der Waals surface area (Å²) in [5, 5.41) is 7.94. The molecule has 0 atom stereocenters. The van der Waals surface area contributed by atoms with Crippen LogP contribution in [0.2, 0.25) is 0 Å². The van der Waals surface area contributed by atoms with Crippen molar-refractivity contribution in [1.29, 1.82) is 0 Å². The van der Waals surface area contributed by atoms with Crippen molar-refractivity contribution in [2.45, 2.75) is 39.2 Å². The van der Waals surface area contributed by atoms with E-state index in [-0.39, 0.29) is 11.6 Å². The lowest BCUT2D eigenvalue weighted by Crippen LogP contribution is -2.34. The molecule has 32 heavy (non-hydrogen) atoms. The molecule has 3 aromatic rings. The SMILES string of the molecule is CC(C)n1nc(-c2nc(NCCN3CCCCC3)c(N)nc2-c2ccccc2)ccc1=O. The third-order valence-electron chi connectivity index (χ3n) is 5.70. The lowest BCUT2D eigenvalue weighted by Gasteiger charge is -2.26. The molecule has 3 N–H and O–H groups in total. The normalized spacial score (nSPS) is 14.6. The van der Waals surface area contributed by atoms with E-state index in [1.165, 1.54) is 30.0 Å². The van der Waals surface area contributed by atoms with Gasteiger partial charge in [0.1, 0.15) is 17.1 Å². The highest BCUT2D eigenvalue weighted by molar-refractivity contribution is 5.79. The Hall–Kier alpha value is -3.26. The fourth-order valence-electron chi connectivity index (χ4n) is 3.99. The zero-order chi connectivity index (χ0) is 22.5. The van der Waals surface area contributed by atoms with E-state index in [1.807, 2.05) is 44.2 Å². The van der Waals surface area contributed by atoms with Gasteiger partial charge in [0.15, 0.2) is 11.6 Å². The first kappa shape index (κ1) is 22.0. The van der Waals surface area contributed by atoms with Crippen LogP contribution in [0.3, 0.4) is 0 Å². The number of piperidine rings is 1. The molecular formula is C24H31N7O. The maximum absolute atomic E-state index is 12.2. The summed E-state index contributed by atoms with van der Waals surface area (Å²) in [6.07, 6.45) is 3.84. The van der Waals surface area contributed by atoms with Crippen LogP contribution in [0.1, 0.15) is 39.2 Å². The van der Waals surface area contributed by atoms with Gasteiger partial charge in [-0.1, -0.05) is 36.8 Å². The molecule has 0 bridgehead atoms. The molecule has 1 aliphatic heterocycles. The highest BCUT2D eigenvalue weighted by Gasteiger charge is 2.18. The van der Waals surface area contributed by atoms with E-state index in [0.717, 1.165) is 31.7 Å². The van der Waals surface area contributed by atoms with Gasteiger partial charge in [0.05, 0.1) is 6.04 Å². The van der Waals surface area contributed by atoms with Crippen molar-refractivity contribution in [2.75, 3.05) is 37.2 Å². The van der Waals surface area contributed by atoms with Gasteiger partial charge in [-0.3, -0.25) is 4.79 Å². The molecule has 1 saturated heterocycles. The van der Waals surface area contributed by atoms with E-state index < -0.39 is 0 Å². The molecule has 0 saturated carbocycles. The first-order valence-corrected chi connectivity index (χ1v) is 11.3. The van der Waals surface area contributed by atoms with Crippen LogP contribution in [0.15, 0.2) is 47.3 Å². The maximum Gasteiger partial charge on any atom is 0.267 e. The molecule has 2 aromatic heterocycles. The number of nitrogens with zero attached hydrogens (tertiary/aromatic N) is 5. The molecule has 168 valence electrons. The smallest absolute Gasteiger partial charge is 0.267 e. The highest BCUT2D eigenvalue weighted by Crippen LogP contribution is 2.31. The summed E-state index contributed by atoms with van der Waals surface area (Å²) < 4.78 is 1.46. The van der Waals surface area contributed by atoms with Gasteiger partial charge in [0, 0.05) is 24.7 Å². The van der Waals surface area contributed by atoms with Gasteiger partial charge in [-0.2, -0.15) is 5.10 Å². The summed E-state index contributed by atoms with van der Waals surface area (Å²) in [4.78, 5) is 24.2. The van der Waals surface area contributed by atoms with Crippen LogP contribution in [0.25, 0.3) is 22.6 Å². The van der Waals surface area contributed by atoms with Gasteiger partial charge in [-0.25, -0.2) is 14.6 Å². The van der Waals surface area contributed by atoms with E-state index in [2.05, 4.69) is 15.3 Å². The number of likely N-dealkylation sites (tertiary alicyclic amines) is 1. The monoisotopic (exact) mass is 433 g/mol. The second kappa shape index (κ2) is 9.91. The van der Waals surface area contributed by atoms with Crippen molar-refractivity contribution in [3.05, 3.63) is 52.8 Å². The summed E-state index contributed by atoms with van der Waals surface area (Å²) in [6, 6.07) is 12.9. The van der Waals surface area contributed by atoms with E-state index in [4.69, 9.17) is 15.7 Å². The number of nitrogen functional groups attached to an aromatic ring is 1. The summed E-state index contributed by atoms with van der Waals surface area (Å²) in [5.74, 6) is 0.893. The fourth-order valence-corrected chi connectivity index (χ4v) is 3.99. The lowest BCUT2D eigenvalue weighted by atomic mass is 10.1. The second-order valence-electron chi connectivity index (χ2n) is 8.44. The van der Waals surface area contributed by atoms with Crippen molar-refractivity contribution in [1.82, 2.24) is 24.6 Å². The molecule has 1 fully saturated rings. The Kier molecular flexibility index (Phi) is 6.80. The van der Waals surface area contributed by atoms with Gasteiger partial charge in [0.2, 0.25) is 0 Å². The minimum Gasteiger partial charge on any atom is -0.381 e. The average Bonchev–Trinajstić information content (AvgIpc) is 2.81. The molecule has 0 amide bonds. The summed E-state index contributed by atoms with van der Waals surface area (Å²) in [6.45, 7) is 7.82. The molecule has 8 heteroatoms. The van der Waals surface area contributed by atoms with Gasteiger partial charge in [-0.15, -0.1) is 0 Å². The Morgan fingerprint density at radius 2 is 1.75 bits per heavy atom. The standard InChI is InChI=1S/C24H31N7O/c1-17(2)31-20(32)12-11-19(29-31)22-21(18-9-5-3-6-10-18)27-23(25)24(28-22)26-13-16-30-14-7-4-8-15-30/h3,5-6,9-12,17H,4,7-8,13-16H2,1-2H3,(H2,25,27)(H,26,28). The Balaban J connectivity index is 1.69. The van der Waals surface area contributed by atoms with Gasteiger partial charge >= 0.3 is 0 Å². The average molecular weight is 434 g/mol. The maximum atomic E-state index is 12.2. The zero-order valence-corrected chi connectivity index (χ0v) is 18.8. The highest BCUT2D eigenvalue weighted by atomic mass is 16.1. The second-order valence-corrected chi connectivity index (χ2v) is 8.44. The number of nitrogens with one attached hydrogen (secondary N) is 1. The Morgan fingerprint density at radius 3 is 2.47 bits per heavy atom. The van der Waals surface area contributed by atoms with Crippen molar-refractivity contribution >= 4 is 11.6 Å². The quantitative estimate of drug-likeness (QED) is 0.588. The lowest BCUT2D eigenvalue weighted by molar-refractivity contribution is 0.237. The molecular weight excluding hydrogens is 402 g/mol. The molecule has 0 radical (unpaired) electrons. The predicted molar refractivity (Wildman–Crippen MR) is 129 cm³/mol. The Labute approximate surface area is 188 Å². The minimum absolute atomic E-state index is 0.0634. The number of hydrogen-bond acceptors (Lipinski definition) is 7. The van der Waals surface area contributed by atoms with Crippen molar-refractivity contribution < 1.29 is 0 Å². The van der Waals surface area contributed by atoms with Crippen LogP contribution in [-0.2, 0) is 0 Å². The van der Waals surface area contributed by atoms with Crippen molar-refractivity contribution in [3.8, 4) is 22.6 Å². The summed E-state index contributed by atoms with van der Waals surface area (Å²) in [7, 11) is 0. The predicted octanol–water partition coefficient (Wildman–Crippen LogP) is 3.43. The molecule has 4 rings (SSSR count). The van der Waals surface area contributed by atoms with Crippen molar-refractivity contribution in [2.24, 2.45) is 0 Å². The molecule has 8 nitrogen and oxygen atoms in total. The van der Waals surface area contributed by atoms with Crippen LogP contribution >= 0.6 is 0 Å². The number of benzene rings is 1. The van der Waals surface area contributed by atoms with Crippen LogP contribution in [0.4, 0.5) is 11.6 Å². The van der Waals surface area contributed by atoms with Gasteiger partial charge in [-0.05, 0) is 45.8 Å². The van der Waals surface area contributed by atoms with E-state index >= 15 is 0 Å². The summed E-state index contributed by atoms with van der Waals surface area (Å²) >= 11 is 0. The van der Waals surface area contributed by atoms with Crippen LogP contribution in [-0.4, -0.2) is 50.8 Å². The number of hydrogen-bond donors (Lipinski definition) is 2. The van der Waals surface area contributed by atoms with E-state index in [1.54, 1.807) is 6.07 Å². The minimum atomic E-state index is -0.145. The first-order valence-electron chi connectivity index (χ1n) is 11.3.